The largest absolute Gasteiger partial charge is 0.297 e. The highest BCUT2D eigenvalue weighted by molar-refractivity contribution is 7.15. The molecule has 3 heterocycles. The molecule has 1 fully saturated rings. The molecule has 3 rings (SSSR count). The van der Waals surface area contributed by atoms with Gasteiger partial charge in [-0.1, -0.05) is 0 Å². The van der Waals surface area contributed by atoms with Crippen LogP contribution in [0.3, 0.4) is 0 Å². The number of hydrogen-bond donors (Lipinski definition) is 0. The third kappa shape index (κ3) is 2.49. The van der Waals surface area contributed by atoms with Crippen LogP contribution in [-0.2, 0) is 6.54 Å². The average Bonchev–Trinajstić information content (AvgIpc) is 2.90. The molecule has 0 spiro atoms. The Morgan fingerprint density at radius 2 is 2.47 bits per heavy atom. The number of likely N-dealkylation sites (tertiary alicyclic amines) is 1. The summed E-state index contributed by atoms with van der Waals surface area (Å²) in [5.41, 5.74) is 1.17. The van der Waals surface area contributed by atoms with Crippen molar-refractivity contribution in [2.45, 2.75) is 19.4 Å². The molecule has 0 aliphatic carbocycles. The number of alkyl halides is 1. The number of aromatic nitrogens is 2. The zero-order chi connectivity index (χ0) is 11.7. The van der Waals surface area contributed by atoms with Gasteiger partial charge in [-0.05, 0) is 25.3 Å². The maximum Gasteiger partial charge on any atom is 0.193 e. The van der Waals surface area contributed by atoms with Crippen molar-refractivity contribution in [2.24, 2.45) is 5.92 Å². The molecular weight excluding hydrogens is 254 g/mol. The summed E-state index contributed by atoms with van der Waals surface area (Å²) in [5.74, 6) is 1.45. The molecule has 17 heavy (non-hydrogen) atoms. The Balaban J connectivity index is 1.68. The maximum absolute atomic E-state index is 5.95. The predicted molar refractivity (Wildman–Crippen MR) is 71.8 cm³/mol. The summed E-state index contributed by atoms with van der Waals surface area (Å²) in [6.07, 6.45) is 6.74. The van der Waals surface area contributed by atoms with Crippen LogP contribution >= 0.6 is 22.9 Å². The van der Waals surface area contributed by atoms with Gasteiger partial charge in [0.05, 0.1) is 5.69 Å². The summed E-state index contributed by atoms with van der Waals surface area (Å²) in [7, 11) is 0. The van der Waals surface area contributed by atoms with Crippen molar-refractivity contribution in [2.75, 3.05) is 19.0 Å². The summed E-state index contributed by atoms with van der Waals surface area (Å²) in [6, 6.07) is 0. The van der Waals surface area contributed by atoms with E-state index in [-0.39, 0.29) is 0 Å². The highest BCUT2D eigenvalue weighted by atomic mass is 35.5. The van der Waals surface area contributed by atoms with Crippen molar-refractivity contribution in [3.63, 3.8) is 0 Å². The summed E-state index contributed by atoms with van der Waals surface area (Å²) in [4.78, 5) is 8.19. The Morgan fingerprint density at radius 3 is 3.29 bits per heavy atom. The summed E-state index contributed by atoms with van der Waals surface area (Å²) in [6.45, 7) is 3.26. The monoisotopic (exact) mass is 269 g/mol. The van der Waals surface area contributed by atoms with Gasteiger partial charge in [-0.2, -0.15) is 0 Å². The molecule has 2 aromatic heterocycles. The molecule has 1 saturated heterocycles. The number of rotatable bonds is 3. The number of fused-ring (bicyclic) bond motifs is 1. The predicted octanol–water partition coefficient (Wildman–Crippen LogP) is 2.85. The van der Waals surface area contributed by atoms with E-state index in [1.54, 1.807) is 11.3 Å². The molecule has 1 atom stereocenters. The first kappa shape index (κ1) is 11.5. The fraction of sp³-hybridized carbons (Fsp3) is 0.583. The highest BCUT2D eigenvalue weighted by Gasteiger charge is 2.19. The molecule has 1 aliphatic rings. The molecule has 0 N–H and O–H groups in total. The van der Waals surface area contributed by atoms with Crippen LogP contribution in [0.5, 0.6) is 0 Å². The first-order chi connectivity index (χ1) is 8.35. The van der Waals surface area contributed by atoms with Gasteiger partial charge in [0.15, 0.2) is 4.96 Å². The first-order valence-electron chi connectivity index (χ1n) is 6.04. The zero-order valence-corrected chi connectivity index (χ0v) is 11.3. The van der Waals surface area contributed by atoms with Gasteiger partial charge in [0, 0.05) is 36.7 Å². The number of piperidine rings is 1. The molecule has 2 aromatic rings. The molecule has 5 heteroatoms. The standard InChI is InChI=1S/C12H16ClN3S/c13-6-10-2-1-3-15(7-10)8-11-9-16-4-5-17-12(16)14-11/h4-5,9-10H,1-3,6-8H2. The van der Waals surface area contributed by atoms with E-state index in [1.807, 2.05) is 0 Å². The van der Waals surface area contributed by atoms with Gasteiger partial charge in [-0.15, -0.1) is 22.9 Å². The van der Waals surface area contributed by atoms with Crippen LogP contribution in [0.15, 0.2) is 17.8 Å². The van der Waals surface area contributed by atoms with Gasteiger partial charge < -0.3 is 0 Å². The number of imidazole rings is 1. The van der Waals surface area contributed by atoms with Gasteiger partial charge in [0.1, 0.15) is 0 Å². The van der Waals surface area contributed by atoms with Gasteiger partial charge in [-0.25, -0.2) is 4.98 Å². The third-order valence-corrected chi connectivity index (χ3v) is 4.56. The molecule has 1 aliphatic heterocycles. The minimum atomic E-state index is 0.661. The lowest BCUT2D eigenvalue weighted by atomic mass is 10.00. The van der Waals surface area contributed by atoms with Crippen molar-refractivity contribution >= 4 is 27.9 Å². The van der Waals surface area contributed by atoms with E-state index in [0.717, 1.165) is 23.9 Å². The van der Waals surface area contributed by atoms with Crippen molar-refractivity contribution < 1.29 is 0 Å². The molecule has 3 nitrogen and oxygen atoms in total. The second-order valence-electron chi connectivity index (χ2n) is 4.72. The number of thiazole rings is 1. The smallest absolute Gasteiger partial charge is 0.193 e. The Labute approximate surface area is 110 Å². The molecule has 92 valence electrons. The lowest BCUT2D eigenvalue weighted by Gasteiger charge is -2.31. The summed E-state index contributed by atoms with van der Waals surface area (Å²) < 4.78 is 2.10. The van der Waals surface area contributed by atoms with E-state index in [2.05, 4.69) is 32.1 Å². The SMILES string of the molecule is ClCC1CCCN(Cc2cn3ccsc3n2)C1. The second kappa shape index (κ2) is 4.96. The van der Waals surface area contributed by atoms with Gasteiger partial charge >= 0.3 is 0 Å². The Kier molecular flexibility index (Phi) is 3.36. The number of nitrogens with zero attached hydrogens (tertiary/aromatic N) is 3. The fourth-order valence-corrected chi connectivity index (χ4v) is 3.47. The Morgan fingerprint density at radius 1 is 1.53 bits per heavy atom. The number of hydrogen-bond acceptors (Lipinski definition) is 3. The van der Waals surface area contributed by atoms with E-state index in [9.17, 15) is 0 Å². The van der Waals surface area contributed by atoms with Gasteiger partial charge in [0.2, 0.25) is 0 Å². The van der Waals surface area contributed by atoms with Crippen LogP contribution in [0.1, 0.15) is 18.5 Å². The molecule has 1 unspecified atom stereocenters. The van der Waals surface area contributed by atoms with E-state index >= 15 is 0 Å². The normalized spacial score (nSPS) is 22.3. The zero-order valence-electron chi connectivity index (χ0n) is 9.68. The molecule has 0 radical (unpaired) electrons. The van der Waals surface area contributed by atoms with Crippen LogP contribution in [-0.4, -0.2) is 33.3 Å². The Bertz CT molecular complexity index is 464. The van der Waals surface area contributed by atoms with Crippen molar-refractivity contribution in [3.8, 4) is 0 Å². The van der Waals surface area contributed by atoms with E-state index in [4.69, 9.17) is 11.6 Å². The summed E-state index contributed by atoms with van der Waals surface area (Å²) in [5, 5.41) is 2.07. The van der Waals surface area contributed by atoms with Crippen molar-refractivity contribution in [1.82, 2.24) is 14.3 Å². The van der Waals surface area contributed by atoms with E-state index < -0.39 is 0 Å². The van der Waals surface area contributed by atoms with Crippen molar-refractivity contribution in [3.05, 3.63) is 23.5 Å². The fourth-order valence-electron chi connectivity index (χ4n) is 2.50. The maximum atomic E-state index is 5.95. The molecular formula is C12H16ClN3S. The van der Waals surface area contributed by atoms with Gasteiger partial charge in [-0.3, -0.25) is 9.30 Å². The minimum absolute atomic E-state index is 0.661. The number of halogens is 1. The molecule has 0 amide bonds. The highest BCUT2D eigenvalue weighted by Crippen LogP contribution is 2.20. The average molecular weight is 270 g/mol. The minimum Gasteiger partial charge on any atom is -0.297 e. The lowest BCUT2D eigenvalue weighted by molar-refractivity contribution is 0.176. The second-order valence-corrected chi connectivity index (χ2v) is 5.90. The topological polar surface area (TPSA) is 20.5 Å². The molecule has 0 aromatic carbocycles. The van der Waals surface area contributed by atoms with E-state index in [1.165, 1.54) is 25.1 Å². The van der Waals surface area contributed by atoms with Crippen LogP contribution in [0.25, 0.3) is 4.96 Å². The summed E-state index contributed by atoms with van der Waals surface area (Å²) >= 11 is 7.64. The third-order valence-electron chi connectivity index (χ3n) is 3.35. The van der Waals surface area contributed by atoms with Crippen LogP contribution < -0.4 is 0 Å². The van der Waals surface area contributed by atoms with Crippen LogP contribution in [0.4, 0.5) is 0 Å². The van der Waals surface area contributed by atoms with E-state index in [0.29, 0.717) is 5.92 Å². The molecule has 0 bridgehead atoms. The van der Waals surface area contributed by atoms with Gasteiger partial charge in [0.25, 0.3) is 0 Å². The Hall–Kier alpha value is -0.580. The first-order valence-corrected chi connectivity index (χ1v) is 7.46. The van der Waals surface area contributed by atoms with Crippen LogP contribution in [0.2, 0.25) is 0 Å². The van der Waals surface area contributed by atoms with Crippen LogP contribution in [0, 0.1) is 5.92 Å². The lowest BCUT2D eigenvalue weighted by Crippen LogP contribution is -2.35. The van der Waals surface area contributed by atoms with Crippen molar-refractivity contribution in [1.29, 1.82) is 0 Å². The quantitative estimate of drug-likeness (QED) is 0.799. The molecule has 0 saturated carbocycles.